The van der Waals surface area contributed by atoms with Crippen molar-refractivity contribution in [2.24, 2.45) is 0 Å². The zero-order valence-electron chi connectivity index (χ0n) is 17.9. The fraction of sp³-hybridized carbons (Fsp3) is 0. The second-order valence-corrected chi connectivity index (χ2v) is 7.42. The van der Waals surface area contributed by atoms with Crippen LogP contribution < -0.4 is 17.2 Å². The molecule has 0 fully saturated rings. The Balaban J connectivity index is 1.70. The number of hydrogen-bond donors (Lipinski definition) is 3. The molecule has 156 valence electrons. The van der Waals surface area contributed by atoms with Gasteiger partial charge in [0.2, 0.25) is 0 Å². The number of anilines is 3. The largest absolute Gasteiger partial charge is 0.399 e. The van der Waals surface area contributed by atoms with Crippen molar-refractivity contribution in [1.82, 2.24) is 0 Å². The minimum absolute atomic E-state index is 0.709. The Morgan fingerprint density at radius 3 is 0.758 bits per heavy atom. The van der Waals surface area contributed by atoms with Crippen molar-refractivity contribution in [3.63, 3.8) is 0 Å². The number of rotatable bonds is 0. The Morgan fingerprint density at radius 1 is 0.303 bits per heavy atom. The Morgan fingerprint density at radius 2 is 0.515 bits per heavy atom. The zero-order valence-corrected chi connectivity index (χ0v) is 17.9. The van der Waals surface area contributed by atoms with Crippen LogP contribution in [0.25, 0.3) is 0 Å². The summed E-state index contributed by atoms with van der Waals surface area (Å²) in [7, 11) is 0. The van der Waals surface area contributed by atoms with Gasteiger partial charge < -0.3 is 17.2 Å². The van der Waals surface area contributed by atoms with Gasteiger partial charge in [0.25, 0.3) is 0 Å². The van der Waals surface area contributed by atoms with Crippen molar-refractivity contribution < 1.29 is 0 Å². The molecule has 0 aliphatic rings. The van der Waals surface area contributed by atoms with Gasteiger partial charge in [-0.1, -0.05) is 35.5 Å². The fourth-order valence-corrected chi connectivity index (χ4v) is 2.98. The monoisotopic (exact) mass is 423 g/mol. The maximum atomic E-state index is 5.76. The lowest BCUT2D eigenvalue weighted by atomic mass is 10.0. The maximum Gasteiger partial charge on any atom is 0.0314 e. The Hall–Kier alpha value is -5.04. The van der Waals surface area contributed by atoms with Crippen molar-refractivity contribution in [1.29, 1.82) is 0 Å². The standard InChI is InChI=1S/C30H21N3/c31-28-13-7-22(8-14-28)1-4-25-19-26(5-2-23-9-15-29(32)16-10-23)21-27(20-25)6-3-24-11-17-30(33)18-12-24/h7-21H,31-33H2. The Labute approximate surface area is 194 Å². The summed E-state index contributed by atoms with van der Waals surface area (Å²) >= 11 is 0. The molecule has 0 radical (unpaired) electrons. The van der Waals surface area contributed by atoms with Crippen molar-refractivity contribution >= 4 is 17.1 Å². The summed E-state index contributed by atoms with van der Waals surface area (Å²) in [4.78, 5) is 0. The molecule has 0 aliphatic heterocycles. The summed E-state index contributed by atoms with van der Waals surface area (Å²) in [5.41, 5.74) is 24.6. The Kier molecular flexibility index (Phi) is 6.33. The predicted molar refractivity (Wildman–Crippen MR) is 137 cm³/mol. The lowest BCUT2D eigenvalue weighted by Gasteiger charge is -1.98. The van der Waals surface area contributed by atoms with E-state index in [1.165, 1.54) is 0 Å². The molecule has 0 heterocycles. The quantitative estimate of drug-likeness (QED) is 0.285. The molecule has 0 saturated heterocycles. The molecule has 3 heteroatoms. The lowest BCUT2D eigenvalue weighted by molar-refractivity contribution is 1.55. The summed E-state index contributed by atoms with van der Waals surface area (Å²) in [5.74, 6) is 19.2. The highest BCUT2D eigenvalue weighted by Crippen LogP contribution is 2.12. The number of nitrogens with two attached hydrogens (primary N) is 3. The molecule has 0 bridgehead atoms. The van der Waals surface area contributed by atoms with Gasteiger partial charge in [-0.05, 0) is 91.0 Å². The summed E-state index contributed by atoms with van der Waals surface area (Å²) in [5, 5.41) is 0. The first-order valence-electron chi connectivity index (χ1n) is 10.3. The van der Waals surface area contributed by atoms with E-state index in [2.05, 4.69) is 35.5 Å². The van der Waals surface area contributed by atoms with E-state index in [4.69, 9.17) is 17.2 Å². The third-order valence-electron chi connectivity index (χ3n) is 4.72. The van der Waals surface area contributed by atoms with Crippen LogP contribution in [-0.2, 0) is 0 Å². The maximum absolute atomic E-state index is 5.76. The summed E-state index contributed by atoms with van der Waals surface area (Å²) in [6, 6.07) is 28.3. The van der Waals surface area contributed by atoms with Crippen LogP contribution in [0.15, 0.2) is 91.0 Å². The zero-order chi connectivity index (χ0) is 23.0. The van der Waals surface area contributed by atoms with Crippen LogP contribution >= 0.6 is 0 Å². The molecule has 0 aliphatic carbocycles. The van der Waals surface area contributed by atoms with E-state index in [0.717, 1.165) is 33.4 Å². The number of hydrogen-bond acceptors (Lipinski definition) is 3. The predicted octanol–water partition coefficient (Wildman–Crippen LogP) is 4.63. The van der Waals surface area contributed by atoms with Crippen molar-refractivity contribution in [3.05, 3.63) is 124 Å². The fourth-order valence-electron chi connectivity index (χ4n) is 2.98. The lowest BCUT2D eigenvalue weighted by Crippen LogP contribution is -1.87. The minimum atomic E-state index is 0.709. The third-order valence-corrected chi connectivity index (χ3v) is 4.72. The van der Waals surface area contributed by atoms with Gasteiger partial charge in [-0.2, -0.15) is 0 Å². The Bertz CT molecular complexity index is 1260. The van der Waals surface area contributed by atoms with Crippen molar-refractivity contribution in [3.8, 4) is 35.5 Å². The molecule has 3 nitrogen and oxygen atoms in total. The van der Waals surface area contributed by atoms with E-state index in [1.807, 2.05) is 91.0 Å². The molecule has 0 atom stereocenters. The molecule has 0 amide bonds. The summed E-state index contributed by atoms with van der Waals surface area (Å²) in [6.45, 7) is 0. The van der Waals surface area contributed by atoms with Crippen molar-refractivity contribution in [2.45, 2.75) is 0 Å². The van der Waals surface area contributed by atoms with E-state index < -0.39 is 0 Å². The second-order valence-electron chi connectivity index (χ2n) is 7.42. The summed E-state index contributed by atoms with van der Waals surface area (Å²) < 4.78 is 0. The molecule has 4 aromatic carbocycles. The molecule has 0 aromatic heterocycles. The third kappa shape index (κ3) is 6.22. The smallest absolute Gasteiger partial charge is 0.0314 e. The average Bonchev–Trinajstić information content (AvgIpc) is 2.83. The van der Waals surface area contributed by atoms with E-state index in [9.17, 15) is 0 Å². The SMILES string of the molecule is Nc1ccc(C#Cc2cc(C#Cc3ccc(N)cc3)cc(C#Cc3ccc(N)cc3)c2)cc1. The topological polar surface area (TPSA) is 78.1 Å². The minimum Gasteiger partial charge on any atom is -0.399 e. The number of benzene rings is 4. The van der Waals surface area contributed by atoms with Gasteiger partial charge >= 0.3 is 0 Å². The molecule has 0 spiro atoms. The average molecular weight is 424 g/mol. The van der Waals surface area contributed by atoms with Gasteiger partial charge in [-0.25, -0.2) is 0 Å². The van der Waals surface area contributed by atoms with Crippen LogP contribution in [0.3, 0.4) is 0 Å². The molecule has 0 unspecified atom stereocenters. The molecule has 4 rings (SSSR count). The van der Waals surface area contributed by atoms with Gasteiger partial charge in [0.15, 0.2) is 0 Å². The molecule has 0 saturated carbocycles. The van der Waals surface area contributed by atoms with Crippen molar-refractivity contribution in [2.75, 3.05) is 17.2 Å². The van der Waals surface area contributed by atoms with E-state index in [-0.39, 0.29) is 0 Å². The van der Waals surface area contributed by atoms with Crippen LogP contribution in [0.4, 0.5) is 17.1 Å². The van der Waals surface area contributed by atoms with Gasteiger partial charge in [0.1, 0.15) is 0 Å². The van der Waals surface area contributed by atoms with Gasteiger partial charge in [0, 0.05) is 50.4 Å². The highest BCUT2D eigenvalue weighted by Gasteiger charge is 1.98. The van der Waals surface area contributed by atoms with E-state index in [1.54, 1.807) is 0 Å². The van der Waals surface area contributed by atoms with Gasteiger partial charge in [-0.15, -0.1) is 0 Å². The van der Waals surface area contributed by atoms with Crippen LogP contribution in [-0.4, -0.2) is 0 Å². The first kappa shape index (κ1) is 21.2. The first-order valence-corrected chi connectivity index (χ1v) is 10.3. The summed E-state index contributed by atoms with van der Waals surface area (Å²) in [6.07, 6.45) is 0. The van der Waals surface area contributed by atoms with E-state index >= 15 is 0 Å². The molecule has 6 N–H and O–H groups in total. The highest BCUT2D eigenvalue weighted by molar-refractivity contribution is 5.56. The molecular formula is C30H21N3. The molecule has 4 aromatic rings. The van der Waals surface area contributed by atoms with E-state index in [0.29, 0.717) is 17.1 Å². The van der Waals surface area contributed by atoms with Gasteiger partial charge in [0.05, 0.1) is 0 Å². The number of nitrogen functional groups attached to an aromatic ring is 3. The van der Waals surface area contributed by atoms with Gasteiger partial charge in [-0.3, -0.25) is 0 Å². The second kappa shape index (κ2) is 9.84. The molecular weight excluding hydrogens is 402 g/mol. The van der Waals surface area contributed by atoms with Crippen LogP contribution in [0, 0.1) is 35.5 Å². The van der Waals surface area contributed by atoms with Crippen LogP contribution in [0.1, 0.15) is 33.4 Å². The normalized spacial score (nSPS) is 9.45. The van der Waals surface area contributed by atoms with Crippen LogP contribution in [0.2, 0.25) is 0 Å². The molecule has 33 heavy (non-hydrogen) atoms. The first-order chi connectivity index (χ1) is 16.0. The van der Waals surface area contributed by atoms with Crippen LogP contribution in [0.5, 0.6) is 0 Å². The highest BCUT2D eigenvalue weighted by atomic mass is 14.5.